The van der Waals surface area contributed by atoms with Crippen LogP contribution in [0.25, 0.3) is 0 Å². The molecule has 1 aromatic rings. The quantitative estimate of drug-likeness (QED) is 0.822. The van der Waals surface area contributed by atoms with Gasteiger partial charge in [0.2, 0.25) is 0 Å². The summed E-state index contributed by atoms with van der Waals surface area (Å²) in [4.78, 5) is 0. The Balaban J connectivity index is 1.86. The van der Waals surface area contributed by atoms with Gasteiger partial charge in [-0.1, -0.05) is 6.92 Å². The van der Waals surface area contributed by atoms with Gasteiger partial charge in [0.25, 0.3) is 0 Å². The van der Waals surface area contributed by atoms with Crippen molar-refractivity contribution in [1.82, 2.24) is 0 Å². The van der Waals surface area contributed by atoms with Crippen molar-refractivity contribution in [2.75, 3.05) is 13.2 Å². The van der Waals surface area contributed by atoms with Crippen LogP contribution in [0.1, 0.15) is 26.7 Å². The highest BCUT2D eigenvalue weighted by atomic mass is 16.5. The summed E-state index contributed by atoms with van der Waals surface area (Å²) in [5.74, 6) is 1.71. The number of ether oxygens (including phenoxy) is 3. The molecule has 4 heteroatoms. The fourth-order valence-corrected chi connectivity index (χ4v) is 2.16. The third-order valence-corrected chi connectivity index (χ3v) is 3.24. The molecular formula is C15H23NO3. The molecule has 0 spiro atoms. The Morgan fingerprint density at radius 3 is 2.42 bits per heavy atom. The molecule has 0 aliphatic heterocycles. The first kappa shape index (κ1) is 14.2. The van der Waals surface area contributed by atoms with Gasteiger partial charge < -0.3 is 19.9 Å². The summed E-state index contributed by atoms with van der Waals surface area (Å²) >= 11 is 0. The molecule has 1 aliphatic carbocycles. The van der Waals surface area contributed by atoms with Crippen LogP contribution in [0.3, 0.4) is 0 Å². The largest absolute Gasteiger partial charge is 0.494 e. The highest BCUT2D eigenvalue weighted by molar-refractivity contribution is 5.31. The third kappa shape index (κ3) is 3.61. The Kier molecular flexibility index (Phi) is 5.05. The number of nitrogens with two attached hydrogens (primary N) is 1. The normalized spacial score (nSPS) is 25.7. The summed E-state index contributed by atoms with van der Waals surface area (Å²) in [7, 11) is 0. The lowest BCUT2D eigenvalue weighted by Gasteiger charge is -2.41. The zero-order chi connectivity index (χ0) is 13.7. The maximum absolute atomic E-state index is 5.91. The standard InChI is InChI=1S/C15H23NO3/c1-3-9-18-11-5-7-12(8-6-11)19-14-10-13(16)15(14)17-4-2/h5-8,13-15H,3-4,9-10,16H2,1-2H3. The van der Waals surface area contributed by atoms with Crippen molar-refractivity contribution in [3.63, 3.8) is 0 Å². The molecule has 0 aromatic heterocycles. The molecule has 0 saturated heterocycles. The molecule has 1 aromatic carbocycles. The topological polar surface area (TPSA) is 53.7 Å². The number of benzene rings is 1. The zero-order valence-electron chi connectivity index (χ0n) is 11.7. The SMILES string of the molecule is CCCOc1ccc(OC2CC(N)C2OCC)cc1. The lowest BCUT2D eigenvalue weighted by Crippen LogP contribution is -2.59. The summed E-state index contributed by atoms with van der Waals surface area (Å²) in [6.07, 6.45) is 1.94. The average molecular weight is 265 g/mol. The van der Waals surface area contributed by atoms with E-state index < -0.39 is 0 Å². The van der Waals surface area contributed by atoms with Crippen molar-refractivity contribution < 1.29 is 14.2 Å². The predicted molar refractivity (Wildman–Crippen MR) is 74.7 cm³/mol. The van der Waals surface area contributed by atoms with E-state index in [4.69, 9.17) is 19.9 Å². The second-order valence-corrected chi connectivity index (χ2v) is 4.80. The van der Waals surface area contributed by atoms with E-state index in [-0.39, 0.29) is 18.2 Å². The second kappa shape index (κ2) is 6.78. The second-order valence-electron chi connectivity index (χ2n) is 4.80. The van der Waals surface area contributed by atoms with Crippen LogP contribution in [0.4, 0.5) is 0 Å². The maximum Gasteiger partial charge on any atom is 0.128 e. The number of hydrogen-bond acceptors (Lipinski definition) is 4. The van der Waals surface area contributed by atoms with E-state index in [0.717, 1.165) is 30.9 Å². The van der Waals surface area contributed by atoms with Gasteiger partial charge in [-0.2, -0.15) is 0 Å². The molecule has 1 saturated carbocycles. The Labute approximate surface area is 114 Å². The van der Waals surface area contributed by atoms with Crippen LogP contribution in [0.15, 0.2) is 24.3 Å². The maximum atomic E-state index is 5.91. The van der Waals surface area contributed by atoms with E-state index in [1.165, 1.54) is 0 Å². The van der Waals surface area contributed by atoms with Crippen LogP contribution >= 0.6 is 0 Å². The molecule has 0 radical (unpaired) electrons. The van der Waals surface area contributed by atoms with Crippen molar-refractivity contribution in [3.05, 3.63) is 24.3 Å². The average Bonchev–Trinajstić information content (AvgIpc) is 2.43. The lowest BCUT2D eigenvalue weighted by atomic mass is 9.86. The van der Waals surface area contributed by atoms with Gasteiger partial charge in [0.1, 0.15) is 23.7 Å². The van der Waals surface area contributed by atoms with Gasteiger partial charge in [-0.15, -0.1) is 0 Å². The summed E-state index contributed by atoms with van der Waals surface area (Å²) in [6.45, 7) is 5.47. The molecule has 0 bridgehead atoms. The van der Waals surface area contributed by atoms with Crippen molar-refractivity contribution in [1.29, 1.82) is 0 Å². The predicted octanol–water partition coefficient (Wildman–Crippen LogP) is 2.36. The van der Waals surface area contributed by atoms with E-state index in [2.05, 4.69) is 6.92 Å². The fraction of sp³-hybridized carbons (Fsp3) is 0.600. The van der Waals surface area contributed by atoms with Crippen LogP contribution in [-0.4, -0.2) is 31.5 Å². The van der Waals surface area contributed by atoms with Gasteiger partial charge in [-0.3, -0.25) is 0 Å². The van der Waals surface area contributed by atoms with Crippen LogP contribution in [0.2, 0.25) is 0 Å². The van der Waals surface area contributed by atoms with Crippen molar-refractivity contribution in [2.24, 2.45) is 5.73 Å². The molecule has 2 N–H and O–H groups in total. The molecule has 2 rings (SSSR count). The molecule has 1 fully saturated rings. The minimum absolute atomic E-state index is 0.0148. The summed E-state index contributed by atoms with van der Waals surface area (Å²) < 4.78 is 17.0. The minimum Gasteiger partial charge on any atom is -0.494 e. The van der Waals surface area contributed by atoms with Crippen molar-refractivity contribution in [3.8, 4) is 11.5 Å². The Morgan fingerprint density at radius 2 is 1.84 bits per heavy atom. The van der Waals surface area contributed by atoms with Crippen LogP contribution in [0, 0.1) is 0 Å². The first-order chi connectivity index (χ1) is 9.24. The first-order valence-electron chi connectivity index (χ1n) is 7.01. The van der Waals surface area contributed by atoms with E-state index >= 15 is 0 Å². The highest BCUT2D eigenvalue weighted by Gasteiger charge is 2.41. The minimum atomic E-state index is 0.0148. The smallest absolute Gasteiger partial charge is 0.128 e. The van der Waals surface area contributed by atoms with E-state index in [1.54, 1.807) is 0 Å². The fourth-order valence-electron chi connectivity index (χ4n) is 2.16. The highest BCUT2D eigenvalue weighted by Crippen LogP contribution is 2.28. The molecular weight excluding hydrogens is 242 g/mol. The molecule has 4 nitrogen and oxygen atoms in total. The number of hydrogen-bond donors (Lipinski definition) is 1. The Bertz CT molecular complexity index is 379. The van der Waals surface area contributed by atoms with E-state index in [0.29, 0.717) is 6.61 Å². The van der Waals surface area contributed by atoms with Crippen molar-refractivity contribution in [2.45, 2.75) is 44.9 Å². The van der Waals surface area contributed by atoms with E-state index in [1.807, 2.05) is 31.2 Å². The van der Waals surface area contributed by atoms with Crippen molar-refractivity contribution >= 4 is 0 Å². The summed E-state index contributed by atoms with van der Waals surface area (Å²) in [6, 6.07) is 7.81. The Morgan fingerprint density at radius 1 is 1.16 bits per heavy atom. The van der Waals surface area contributed by atoms with Gasteiger partial charge in [0.05, 0.1) is 6.61 Å². The Hall–Kier alpha value is -1.26. The summed E-state index contributed by atoms with van der Waals surface area (Å²) in [5.41, 5.74) is 5.91. The first-order valence-corrected chi connectivity index (χ1v) is 7.01. The molecule has 1 aliphatic rings. The molecule has 106 valence electrons. The van der Waals surface area contributed by atoms with E-state index in [9.17, 15) is 0 Å². The molecule has 0 amide bonds. The van der Waals surface area contributed by atoms with Gasteiger partial charge in [0.15, 0.2) is 0 Å². The molecule has 3 unspecified atom stereocenters. The van der Waals surface area contributed by atoms with Gasteiger partial charge in [-0.05, 0) is 37.6 Å². The van der Waals surface area contributed by atoms with Crippen LogP contribution in [0.5, 0.6) is 11.5 Å². The lowest BCUT2D eigenvalue weighted by molar-refractivity contribution is -0.0945. The molecule has 3 atom stereocenters. The monoisotopic (exact) mass is 265 g/mol. The van der Waals surface area contributed by atoms with Crippen LogP contribution < -0.4 is 15.2 Å². The van der Waals surface area contributed by atoms with Gasteiger partial charge in [0, 0.05) is 19.1 Å². The zero-order valence-corrected chi connectivity index (χ0v) is 11.7. The third-order valence-electron chi connectivity index (χ3n) is 3.24. The molecule has 0 heterocycles. The molecule has 19 heavy (non-hydrogen) atoms. The number of rotatable bonds is 7. The van der Waals surface area contributed by atoms with Gasteiger partial charge in [-0.25, -0.2) is 0 Å². The summed E-state index contributed by atoms with van der Waals surface area (Å²) in [5, 5.41) is 0. The van der Waals surface area contributed by atoms with Crippen LogP contribution in [-0.2, 0) is 4.74 Å². The van der Waals surface area contributed by atoms with Gasteiger partial charge >= 0.3 is 0 Å².